The SMILES string of the molecule is Cc1ccc(C(C)C)c(OC(C)C(=O)N2CC[C@H](O)C2)c1. The molecule has 0 aliphatic carbocycles. The Kier molecular flexibility index (Phi) is 4.88. The molecule has 21 heavy (non-hydrogen) atoms. The van der Waals surface area contributed by atoms with Gasteiger partial charge >= 0.3 is 0 Å². The van der Waals surface area contributed by atoms with Gasteiger partial charge in [-0.15, -0.1) is 0 Å². The minimum absolute atomic E-state index is 0.0530. The molecule has 4 nitrogen and oxygen atoms in total. The fourth-order valence-electron chi connectivity index (χ4n) is 2.66. The van der Waals surface area contributed by atoms with E-state index in [0.29, 0.717) is 25.4 Å². The molecule has 1 aromatic carbocycles. The Hall–Kier alpha value is -1.55. The molecular weight excluding hydrogens is 266 g/mol. The minimum atomic E-state index is -0.533. The zero-order valence-electron chi connectivity index (χ0n) is 13.3. The number of hydrogen-bond acceptors (Lipinski definition) is 3. The number of benzene rings is 1. The van der Waals surface area contributed by atoms with E-state index in [1.807, 2.05) is 13.0 Å². The van der Waals surface area contributed by atoms with Crippen LogP contribution >= 0.6 is 0 Å². The molecule has 1 aromatic rings. The molecule has 1 heterocycles. The smallest absolute Gasteiger partial charge is 0.263 e. The number of aliphatic hydroxyl groups excluding tert-OH is 1. The van der Waals surface area contributed by atoms with Gasteiger partial charge in [0, 0.05) is 13.1 Å². The van der Waals surface area contributed by atoms with Crippen molar-refractivity contribution in [1.29, 1.82) is 0 Å². The van der Waals surface area contributed by atoms with E-state index in [2.05, 4.69) is 26.0 Å². The van der Waals surface area contributed by atoms with Crippen molar-refractivity contribution in [3.05, 3.63) is 29.3 Å². The minimum Gasteiger partial charge on any atom is -0.481 e. The molecule has 0 bridgehead atoms. The molecule has 1 aliphatic heterocycles. The number of ether oxygens (including phenoxy) is 1. The number of rotatable bonds is 4. The molecule has 4 heteroatoms. The molecule has 2 rings (SSSR count). The second kappa shape index (κ2) is 6.48. The van der Waals surface area contributed by atoms with Gasteiger partial charge in [-0.3, -0.25) is 4.79 Å². The summed E-state index contributed by atoms with van der Waals surface area (Å²) in [7, 11) is 0. The first kappa shape index (κ1) is 15.8. The van der Waals surface area contributed by atoms with Crippen molar-refractivity contribution in [2.24, 2.45) is 0 Å². The molecule has 0 radical (unpaired) electrons. The Labute approximate surface area is 126 Å². The van der Waals surface area contributed by atoms with Crippen LogP contribution in [-0.2, 0) is 4.79 Å². The fourth-order valence-corrected chi connectivity index (χ4v) is 2.66. The van der Waals surface area contributed by atoms with E-state index < -0.39 is 12.2 Å². The largest absolute Gasteiger partial charge is 0.481 e. The summed E-state index contributed by atoms with van der Waals surface area (Å²) in [6.45, 7) is 9.04. The number of hydrogen-bond donors (Lipinski definition) is 1. The highest BCUT2D eigenvalue weighted by molar-refractivity contribution is 5.81. The number of nitrogens with zero attached hydrogens (tertiary/aromatic N) is 1. The van der Waals surface area contributed by atoms with E-state index in [0.717, 1.165) is 16.9 Å². The monoisotopic (exact) mass is 291 g/mol. The molecule has 2 atom stereocenters. The predicted octanol–water partition coefficient (Wildman–Crippen LogP) is 2.48. The number of likely N-dealkylation sites (tertiary alicyclic amines) is 1. The summed E-state index contributed by atoms with van der Waals surface area (Å²) in [5.41, 5.74) is 2.23. The molecule has 1 saturated heterocycles. The number of carbonyl (C=O) groups is 1. The molecule has 0 spiro atoms. The average molecular weight is 291 g/mol. The fraction of sp³-hybridized carbons (Fsp3) is 0.588. The van der Waals surface area contributed by atoms with Crippen LogP contribution in [0.3, 0.4) is 0 Å². The van der Waals surface area contributed by atoms with Crippen molar-refractivity contribution < 1.29 is 14.6 Å². The number of amides is 1. The van der Waals surface area contributed by atoms with E-state index in [1.54, 1.807) is 11.8 Å². The third-order valence-electron chi connectivity index (χ3n) is 3.92. The van der Waals surface area contributed by atoms with Crippen LogP contribution in [0, 0.1) is 6.92 Å². The summed E-state index contributed by atoms with van der Waals surface area (Å²) in [6, 6.07) is 6.11. The molecule has 1 N–H and O–H groups in total. The predicted molar refractivity (Wildman–Crippen MR) is 82.6 cm³/mol. The maximum absolute atomic E-state index is 12.4. The van der Waals surface area contributed by atoms with Gasteiger partial charge in [-0.2, -0.15) is 0 Å². The zero-order valence-corrected chi connectivity index (χ0v) is 13.3. The highest BCUT2D eigenvalue weighted by Gasteiger charge is 2.29. The number of aliphatic hydroxyl groups is 1. The molecule has 1 fully saturated rings. The summed E-state index contributed by atoms with van der Waals surface area (Å²) in [5, 5.41) is 9.54. The first-order valence-corrected chi connectivity index (χ1v) is 7.62. The van der Waals surface area contributed by atoms with Gasteiger partial charge in [0.25, 0.3) is 5.91 Å². The Balaban J connectivity index is 2.10. The van der Waals surface area contributed by atoms with Gasteiger partial charge in [0.15, 0.2) is 6.10 Å². The van der Waals surface area contributed by atoms with Gasteiger partial charge < -0.3 is 14.7 Å². The molecule has 0 saturated carbocycles. The van der Waals surface area contributed by atoms with E-state index in [-0.39, 0.29) is 5.91 Å². The summed E-state index contributed by atoms with van der Waals surface area (Å²) >= 11 is 0. The van der Waals surface area contributed by atoms with E-state index in [9.17, 15) is 9.90 Å². The van der Waals surface area contributed by atoms with E-state index in [4.69, 9.17) is 4.74 Å². The molecule has 0 aromatic heterocycles. The van der Waals surface area contributed by atoms with Crippen LogP contribution in [-0.4, -0.2) is 41.2 Å². The standard InChI is InChI=1S/C17H25NO3/c1-11(2)15-6-5-12(3)9-16(15)21-13(4)17(20)18-8-7-14(19)10-18/h5-6,9,11,13-14,19H,7-8,10H2,1-4H3/t13?,14-/m0/s1. The van der Waals surface area contributed by atoms with Crippen molar-refractivity contribution >= 4 is 5.91 Å². The quantitative estimate of drug-likeness (QED) is 0.927. The lowest BCUT2D eigenvalue weighted by molar-refractivity contribution is -0.137. The van der Waals surface area contributed by atoms with Crippen molar-refractivity contribution in [3.63, 3.8) is 0 Å². The van der Waals surface area contributed by atoms with Crippen molar-refractivity contribution in [3.8, 4) is 5.75 Å². The number of carbonyl (C=O) groups excluding carboxylic acids is 1. The lowest BCUT2D eigenvalue weighted by atomic mass is 10.0. The summed E-state index contributed by atoms with van der Waals surface area (Å²) in [4.78, 5) is 14.0. The Morgan fingerprint density at radius 1 is 1.38 bits per heavy atom. The summed E-state index contributed by atoms with van der Waals surface area (Å²) in [5.74, 6) is 1.07. The van der Waals surface area contributed by atoms with Crippen LogP contribution in [0.5, 0.6) is 5.75 Å². The third kappa shape index (κ3) is 3.76. The van der Waals surface area contributed by atoms with E-state index in [1.165, 1.54) is 0 Å². The van der Waals surface area contributed by atoms with Crippen LogP contribution in [0.4, 0.5) is 0 Å². The Bertz CT molecular complexity index is 513. The normalized spacial score (nSPS) is 19.9. The third-order valence-corrected chi connectivity index (χ3v) is 3.92. The van der Waals surface area contributed by atoms with Gasteiger partial charge in [0.2, 0.25) is 0 Å². The zero-order chi connectivity index (χ0) is 15.6. The molecule has 1 aliphatic rings. The Morgan fingerprint density at radius 2 is 2.10 bits per heavy atom. The van der Waals surface area contributed by atoms with Crippen molar-refractivity contribution in [2.75, 3.05) is 13.1 Å². The summed E-state index contributed by atoms with van der Waals surface area (Å²) in [6.07, 6.45) is -0.277. The summed E-state index contributed by atoms with van der Waals surface area (Å²) < 4.78 is 5.92. The number of aryl methyl sites for hydroxylation is 1. The highest BCUT2D eigenvalue weighted by atomic mass is 16.5. The molecular formula is C17H25NO3. The second-order valence-electron chi connectivity index (χ2n) is 6.18. The lowest BCUT2D eigenvalue weighted by Gasteiger charge is -2.23. The van der Waals surface area contributed by atoms with Crippen LogP contribution in [0.15, 0.2) is 18.2 Å². The first-order valence-electron chi connectivity index (χ1n) is 7.62. The van der Waals surface area contributed by atoms with Crippen LogP contribution in [0.2, 0.25) is 0 Å². The molecule has 116 valence electrons. The van der Waals surface area contributed by atoms with E-state index >= 15 is 0 Å². The second-order valence-corrected chi connectivity index (χ2v) is 6.18. The maximum Gasteiger partial charge on any atom is 0.263 e. The van der Waals surface area contributed by atoms with Crippen LogP contribution in [0.1, 0.15) is 44.2 Å². The molecule has 1 unspecified atom stereocenters. The van der Waals surface area contributed by atoms with Gasteiger partial charge in [0.1, 0.15) is 5.75 Å². The van der Waals surface area contributed by atoms with Gasteiger partial charge in [-0.05, 0) is 43.4 Å². The average Bonchev–Trinajstić information content (AvgIpc) is 2.84. The van der Waals surface area contributed by atoms with Gasteiger partial charge in [-0.25, -0.2) is 0 Å². The maximum atomic E-state index is 12.4. The first-order chi connectivity index (χ1) is 9.88. The number of β-amino-alcohol motifs (C(OH)–C–C–N with tert-alkyl or cyclic N) is 1. The molecule has 1 amide bonds. The topological polar surface area (TPSA) is 49.8 Å². The van der Waals surface area contributed by atoms with Crippen molar-refractivity contribution in [1.82, 2.24) is 4.90 Å². The van der Waals surface area contributed by atoms with Crippen LogP contribution < -0.4 is 4.74 Å². The lowest BCUT2D eigenvalue weighted by Crippen LogP contribution is -2.39. The van der Waals surface area contributed by atoms with Gasteiger partial charge in [0.05, 0.1) is 6.10 Å². The van der Waals surface area contributed by atoms with Gasteiger partial charge in [-0.1, -0.05) is 26.0 Å². The van der Waals surface area contributed by atoms with Crippen molar-refractivity contribution in [2.45, 2.75) is 52.2 Å². The van der Waals surface area contributed by atoms with Crippen LogP contribution in [0.25, 0.3) is 0 Å². The highest BCUT2D eigenvalue weighted by Crippen LogP contribution is 2.28. The Morgan fingerprint density at radius 3 is 2.67 bits per heavy atom.